The molecule has 0 aliphatic carbocycles. The molecule has 2 rings (SSSR count). The fourth-order valence-corrected chi connectivity index (χ4v) is 2.04. The van der Waals surface area contributed by atoms with Crippen LogP contribution in [-0.2, 0) is 6.54 Å². The van der Waals surface area contributed by atoms with Gasteiger partial charge in [-0.1, -0.05) is 19.1 Å². The van der Waals surface area contributed by atoms with Gasteiger partial charge in [0.25, 0.3) is 0 Å². The van der Waals surface area contributed by atoms with Gasteiger partial charge in [-0.3, -0.25) is 0 Å². The Hall–Kier alpha value is -2.14. The molecular weight excluding hydrogens is 264 g/mol. The summed E-state index contributed by atoms with van der Waals surface area (Å²) in [4.78, 5) is 10.8. The van der Waals surface area contributed by atoms with Crippen LogP contribution in [0.3, 0.4) is 0 Å². The lowest BCUT2D eigenvalue weighted by Gasteiger charge is -2.19. The van der Waals surface area contributed by atoms with Gasteiger partial charge in [0.15, 0.2) is 0 Å². The predicted octanol–water partition coefficient (Wildman–Crippen LogP) is 2.75. The van der Waals surface area contributed by atoms with Gasteiger partial charge in [0.2, 0.25) is 5.95 Å². The second-order valence-electron chi connectivity index (χ2n) is 4.80. The molecular formula is C16H22N4O. The van der Waals surface area contributed by atoms with Gasteiger partial charge in [-0.05, 0) is 25.1 Å². The molecule has 0 saturated heterocycles. The van der Waals surface area contributed by atoms with Crippen LogP contribution in [-0.4, -0.2) is 30.7 Å². The number of nitrogens with zero attached hydrogens (tertiary/aromatic N) is 3. The summed E-state index contributed by atoms with van der Waals surface area (Å²) in [5.74, 6) is 1.45. The molecule has 21 heavy (non-hydrogen) atoms. The minimum atomic E-state index is 0.652. The zero-order chi connectivity index (χ0) is 15.1. The van der Waals surface area contributed by atoms with Crippen LogP contribution in [0.15, 0.2) is 36.7 Å². The highest BCUT2D eigenvalue weighted by Gasteiger charge is 2.11. The van der Waals surface area contributed by atoms with E-state index in [0.717, 1.165) is 36.5 Å². The van der Waals surface area contributed by atoms with Gasteiger partial charge in [0.1, 0.15) is 5.75 Å². The minimum absolute atomic E-state index is 0.652. The van der Waals surface area contributed by atoms with E-state index in [1.165, 1.54) is 0 Å². The molecule has 1 N–H and O–H groups in total. The lowest BCUT2D eigenvalue weighted by Crippen LogP contribution is -2.16. The molecule has 0 fully saturated rings. The van der Waals surface area contributed by atoms with Crippen LogP contribution >= 0.6 is 0 Å². The molecule has 0 amide bonds. The first kappa shape index (κ1) is 15.3. The van der Waals surface area contributed by atoms with Gasteiger partial charge in [-0.25, -0.2) is 9.97 Å². The molecule has 0 aliphatic heterocycles. The van der Waals surface area contributed by atoms with Gasteiger partial charge in [0, 0.05) is 31.5 Å². The molecule has 2 aromatic rings. The Morgan fingerprint density at radius 1 is 1.19 bits per heavy atom. The van der Waals surface area contributed by atoms with Gasteiger partial charge >= 0.3 is 0 Å². The summed E-state index contributed by atoms with van der Waals surface area (Å²) < 4.78 is 5.37. The van der Waals surface area contributed by atoms with Crippen molar-refractivity contribution in [2.24, 2.45) is 0 Å². The molecule has 0 bridgehead atoms. The van der Waals surface area contributed by atoms with E-state index in [9.17, 15) is 0 Å². The molecule has 1 heterocycles. The van der Waals surface area contributed by atoms with E-state index in [1.807, 2.05) is 48.6 Å². The fraction of sp³-hybridized carbons (Fsp3) is 0.375. The number of benzene rings is 1. The van der Waals surface area contributed by atoms with Crippen LogP contribution in [0.1, 0.15) is 18.9 Å². The zero-order valence-electron chi connectivity index (χ0n) is 12.8. The average molecular weight is 286 g/mol. The van der Waals surface area contributed by atoms with Crippen LogP contribution in [0.25, 0.3) is 0 Å². The molecule has 1 aromatic carbocycles. The summed E-state index contributed by atoms with van der Waals surface area (Å²) in [6.45, 7) is 3.95. The van der Waals surface area contributed by atoms with Gasteiger partial charge < -0.3 is 15.0 Å². The predicted molar refractivity (Wildman–Crippen MR) is 85.1 cm³/mol. The van der Waals surface area contributed by atoms with E-state index < -0.39 is 0 Å². The molecule has 5 heteroatoms. The number of methoxy groups -OCH3 is 1. The molecule has 0 radical (unpaired) electrons. The van der Waals surface area contributed by atoms with Crippen molar-refractivity contribution in [3.63, 3.8) is 0 Å². The standard InChI is InChI=1S/C16H22N4O/c1-4-9-17-10-13-11-18-16(19-12-13)20(2)14-7-5-6-8-15(14)21-3/h5-8,11-12,17H,4,9-10H2,1-3H3. The first-order valence-electron chi connectivity index (χ1n) is 7.14. The number of hydrogen-bond acceptors (Lipinski definition) is 5. The molecule has 1 aromatic heterocycles. The molecule has 0 spiro atoms. The highest BCUT2D eigenvalue weighted by atomic mass is 16.5. The van der Waals surface area contributed by atoms with Crippen LogP contribution in [0, 0.1) is 0 Å². The smallest absolute Gasteiger partial charge is 0.229 e. The molecule has 112 valence electrons. The first-order chi connectivity index (χ1) is 10.3. The van der Waals surface area contributed by atoms with E-state index in [-0.39, 0.29) is 0 Å². The van der Waals surface area contributed by atoms with Crippen molar-refractivity contribution in [2.45, 2.75) is 19.9 Å². The Labute approximate surface area is 126 Å². The summed E-state index contributed by atoms with van der Waals surface area (Å²) in [6, 6.07) is 7.82. The molecule has 0 aliphatic rings. The van der Waals surface area contributed by atoms with Crippen LogP contribution in [0.4, 0.5) is 11.6 Å². The van der Waals surface area contributed by atoms with E-state index in [1.54, 1.807) is 7.11 Å². The Balaban J connectivity index is 2.10. The zero-order valence-corrected chi connectivity index (χ0v) is 12.8. The van der Waals surface area contributed by atoms with Crippen LogP contribution in [0.2, 0.25) is 0 Å². The Morgan fingerprint density at radius 2 is 1.90 bits per heavy atom. The second kappa shape index (κ2) is 7.59. The average Bonchev–Trinajstić information content (AvgIpc) is 2.55. The maximum Gasteiger partial charge on any atom is 0.229 e. The number of rotatable bonds is 7. The number of anilines is 2. The lowest BCUT2D eigenvalue weighted by atomic mass is 10.2. The van der Waals surface area contributed by atoms with Crippen LogP contribution in [0.5, 0.6) is 5.75 Å². The largest absolute Gasteiger partial charge is 0.495 e. The minimum Gasteiger partial charge on any atom is -0.495 e. The second-order valence-corrected chi connectivity index (χ2v) is 4.80. The van der Waals surface area contributed by atoms with Crippen molar-refractivity contribution in [1.82, 2.24) is 15.3 Å². The van der Waals surface area contributed by atoms with Gasteiger partial charge in [-0.2, -0.15) is 0 Å². The fourth-order valence-electron chi connectivity index (χ4n) is 2.04. The maximum absolute atomic E-state index is 5.37. The Bertz CT molecular complexity index is 556. The summed E-state index contributed by atoms with van der Waals surface area (Å²) in [5.41, 5.74) is 2.03. The maximum atomic E-state index is 5.37. The number of para-hydroxylation sites is 2. The Kier molecular flexibility index (Phi) is 5.51. The third-order valence-corrected chi connectivity index (χ3v) is 3.19. The molecule has 0 atom stereocenters. The third kappa shape index (κ3) is 3.92. The third-order valence-electron chi connectivity index (χ3n) is 3.19. The first-order valence-corrected chi connectivity index (χ1v) is 7.14. The quantitative estimate of drug-likeness (QED) is 0.793. The van der Waals surface area contributed by atoms with E-state index in [2.05, 4.69) is 22.2 Å². The monoisotopic (exact) mass is 286 g/mol. The highest BCUT2D eigenvalue weighted by molar-refractivity contribution is 5.64. The van der Waals surface area contributed by atoms with Crippen LogP contribution < -0.4 is 15.0 Å². The topological polar surface area (TPSA) is 50.3 Å². The highest BCUT2D eigenvalue weighted by Crippen LogP contribution is 2.30. The lowest BCUT2D eigenvalue weighted by molar-refractivity contribution is 0.415. The number of aromatic nitrogens is 2. The van der Waals surface area contributed by atoms with Crippen molar-refractivity contribution in [2.75, 3.05) is 25.6 Å². The summed E-state index contributed by atoms with van der Waals surface area (Å²) >= 11 is 0. The SMILES string of the molecule is CCCNCc1cnc(N(C)c2ccccc2OC)nc1. The number of hydrogen-bond donors (Lipinski definition) is 1. The summed E-state index contributed by atoms with van der Waals surface area (Å²) in [6.07, 6.45) is 4.84. The molecule has 0 unspecified atom stereocenters. The van der Waals surface area contributed by atoms with Crippen molar-refractivity contribution in [3.8, 4) is 5.75 Å². The van der Waals surface area contributed by atoms with Crippen molar-refractivity contribution in [1.29, 1.82) is 0 Å². The Morgan fingerprint density at radius 3 is 2.57 bits per heavy atom. The van der Waals surface area contributed by atoms with E-state index in [4.69, 9.17) is 4.74 Å². The van der Waals surface area contributed by atoms with E-state index >= 15 is 0 Å². The van der Waals surface area contributed by atoms with E-state index in [0.29, 0.717) is 5.95 Å². The van der Waals surface area contributed by atoms with Crippen molar-refractivity contribution in [3.05, 3.63) is 42.2 Å². The summed E-state index contributed by atoms with van der Waals surface area (Å²) in [7, 11) is 3.60. The molecule has 5 nitrogen and oxygen atoms in total. The van der Waals surface area contributed by atoms with Crippen molar-refractivity contribution < 1.29 is 4.74 Å². The number of ether oxygens (including phenoxy) is 1. The molecule has 0 saturated carbocycles. The van der Waals surface area contributed by atoms with Gasteiger partial charge in [0.05, 0.1) is 12.8 Å². The van der Waals surface area contributed by atoms with Crippen molar-refractivity contribution >= 4 is 11.6 Å². The summed E-state index contributed by atoms with van der Waals surface area (Å²) in [5, 5.41) is 3.34. The normalized spacial score (nSPS) is 10.4. The van der Waals surface area contributed by atoms with Gasteiger partial charge in [-0.15, -0.1) is 0 Å². The number of nitrogens with one attached hydrogen (secondary N) is 1.